The summed E-state index contributed by atoms with van der Waals surface area (Å²) in [6.45, 7) is 1.92. The third kappa shape index (κ3) is 6.19. The number of methoxy groups -OCH3 is 1. The predicted octanol–water partition coefficient (Wildman–Crippen LogP) is 2.32. The van der Waals surface area contributed by atoms with Gasteiger partial charge in [0, 0.05) is 23.8 Å². The highest BCUT2D eigenvalue weighted by atomic mass is 16.5. The molecule has 0 saturated heterocycles. The molecule has 20 heavy (non-hydrogen) atoms. The molecule has 0 aliphatic carbocycles. The average Bonchev–Trinajstić information content (AvgIpc) is 2.38. The number of benzene rings is 1. The molecule has 0 aliphatic rings. The van der Waals surface area contributed by atoms with Gasteiger partial charge in [-0.2, -0.15) is 0 Å². The van der Waals surface area contributed by atoms with Crippen LogP contribution in [0.1, 0.15) is 26.2 Å². The van der Waals surface area contributed by atoms with Crippen LogP contribution in [0.25, 0.3) is 0 Å². The van der Waals surface area contributed by atoms with Crippen LogP contribution in [0.5, 0.6) is 0 Å². The zero-order chi connectivity index (χ0) is 15.0. The normalized spacial score (nSPS) is 11.6. The minimum absolute atomic E-state index is 0.0686. The summed E-state index contributed by atoms with van der Waals surface area (Å²) in [7, 11) is 1.29. The lowest BCUT2D eigenvalue weighted by molar-refractivity contribution is -0.116. The van der Waals surface area contributed by atoms with Crippen LogP contribution in [0, 0.1) is 0 Å². The van der Waals surface area contributed by atoms with Crippen molar-refractivity contribution in [2.75, 3.05) is 17.7 Å². The summed E-state index contributed by atoms with van der Waals surface area (Å²) in [4.78, 5) is 22.8. The van der Waals surface area contributed by atoms with Crippen LogP contribution in [0.3, 0.4) is 0 Å². The molecule has 0 fully saturated rings. The lowest BCUT2D eigenvalue weighted by Gasteiger charge is -2.09. The highest BCUT2D eigenvalue weighted by Crippen LogP contribution is 2.15. The first-order chi connectivity index (χ1) is 9.51. The zero-order valence-corrected chi connectivity index (χ0v) is 11.8. The number of carbonyl (C=O) groups is 2. The summed E-state index contributed by atoms with van der Waals surface area (Å²) < 4.78 is 4.50. The monoisotopic (exact) mass is 279 g/mol. The van der Waals surface area contributed by atoms with Crippen LogP contribution in [-0.2, 0) is 9.53 Å². The molecule has 1 aromatic carbocycles. The molecule has 0 bridgehead atoms. The van der Waals surface area contributed by atoms with E-state index in [-0.39, 0.29) is 11.9 Å². The summed E-state index contributed by atoms with van der Waals surface area (Å²) in [5.74, 6) is -0.0686. The number of ether oxygens (including phenoxy) is 1. The first-order valence-corrected chi connectivity index (χ1v) is 6.51. The second-order valence-corrected chi connectivity index (χ2v) is 4.62. The third-order valence-electron chi connectivity index (χ3n) is 2.64. The van der Waals surface area contributed by atoms with Gasteiger partial charge in [-0.25, -0.2) is 4.79 Å². The average molecular weight is 279 g/mol. The Morgan fingerprint density at radius 2 is 1.95 bits per heavy atom. The molecular weight excluding hydrogens is 258 g/mol. The zero-order valence-electron chi connectivity index (χ0n) is 11.8. The topological polar surface area (TPSA) is 93.5 Å². The first kappa shape index (κ1) is 16.0. The molecule has 0 aliphatic heterocycles. The van der Waals surface area contributed by atoms with Crippen molar-refractivity contribution in [3.8, 4) is 0 Å². The van der Waals surface area contributed by atoms with E-state index in [4.69, 9.17) is 5.73 Å². The number of nitrogens with two attached hydrogens (primary N) is 1. The molecule has 1 rings (SSSR count). The van der Waals surface area contributed by atoms with E-state index < -0.39 is 6.09 Å². The molecule has 0 heterocycles. The highest BCUT2D eigenvalue weighted by molar-refractivity contribution is 5.92. The number of anilines is 2. The van der Waals surface area contributed by atoms with Gasteiger partial charge in [0.15, 0.2) is 0 Å². The maximum Gasteiger partial charge on any atom is 0.411 e. The summed E-state index contributed by atoms with van der Waals surface area (Å²) in [5, 5.41) is 5.31. The van der Waals surface area contributed by atoms with E-state index in [1.807, 2.05) is 6.92 Å². The molecule has 0 aromatic heterocycles. The van der Waals surface area contributed by atoms with Crippen LogP contribution in [0.15, 0.2) is 24.3 Å². The minimum Gasteiger partial charge on any atom is -0.453 e. The smallest absolute Gasteiger partial charge is 0.411 e. The van der Waals surface area contributed by atoms with Gasteiger partial charge in [-0.3, -0.25) is 10.1 Å². The van der Waals surface area contributed by atoms with Gasteiger partial charge in [0.1, 0.15) is 0 Å². The fraction of sp³-hybridized carbons (Fsp3) is 0.429. The van der Waals surface area contributed by atoms with E-state index in [0.29, 0.717) is 17.8 Å². The molecule has 1 unspecified atom stereocenters. The van der Waals surface area contributed by atoms with Crippen LogP contribution >= 0.6 is 0 Å². The van der Waals surface area contributed by atoms with Crippen molar-refractivity contribution in [1.29, 1.82) is 0 Å². The van der Waals surface area contributed by atoms with E-state index in [1.54, 1.807) is 24.3 Å². The molecule has 2 amide bonds. The maximum atomic E-state index is 11.7. The number of hydrogen-bond donors (Lipinski definition) is 3. The van der Waals surface area contributed by atoms with E-state index in [9.17, 15) is 9.59 Å². The highest BCUT2D eigenvalue weighted by Gasteiger charge is 2.05. The van der Waals surface area contributed by atoms with Crippen molar-refractivity contribution in [3.63, 3.8) is 0 Å². The Morgan fingerprint density at radius 1 is 1.30 bits per heavy atom. The van der Waals surface area contributed by atoms with Crippen molar-refractivity contribution in [1.82, 2.24) is 0 Å². The Balaban J connectivity index is 2.49. The molecule has 6 nitrogen and oxygen atoms in total. The van der Waals surface area contributed by atoms with Gasteiger partial charge in [0.05, 0.1) is 7.11 Å². The quantitative estimate of drug-likeness (QED) is 0.745. The lowest BCUT2D eigenvalue weighted by Crippen LogP contribution is -2.17. The number of carbonyl (C=O) groups excluding carboxylic acids is 2. The molecule has 1 aromatic rings. The Kier molecular flexibility index (Phi) is 6.52. The van der Waals surface area contributed by atoms with Gasteiger partial charge >= 0.3 is 6.09 Å². The predicted molar refractivity (Wildman–Crippen MR) is 78.6 cm³/mol. The van der Waals surface area contributed by atoms with Crippen LogP contribution in [0.4, 0.5) is 16.2 Å². The molecular formula is C14H21N3O3. The number of nitrogens with one attached hydrogen (secondary N) is 2. The van der Waals surface area contributed by atoms with Crippen LogP contribution in [0.2, 0.25) is 0 Å². The summed E-state index contributed by atoms with van der Waals surface area (Å²) in [5.41, 5.74) is 6.82. The minimum atomic E-state index is -0.551. The van der Waals surface area contributed by atoms with Crippen molar-refractivity contribution in [2.45, 2.75) is 32.2 Å². The van der Waals surface area contributed by atoms with Crippen molar-refractivity contribution in [3.05, 3.63) is 24.3 Å². The van der Waals surface area contributed by atoms with Crippen molar-refractivity contribution < 1.29 is 14.3 Å². The first-order valence-electron chi connectivity index (χ1n) is 6.51. The summed E-state index contributed by atoms with van der Waals surface area (Å²) in [6, 6.07) is 6.98. The molecule has 0 spiro atoms. The van der Waals surface area contributed by atoms with Gasteiger partial charge < -0.3 is 15.8 Å². The van der Waals surface area contributed by atoms with E-state index in [1.165, 1.54) is 7.11 Å². The Bertz CT molecular complexity index is 461. The van der Waals surface area contributed by atoms with Gasteiger partial charge in [-0.05, 0) is 38.0 Å². The second kappa shape index (κ2) is 8.16. The van der Waals surface area contributed by atoms with Gasteiger partial charge in [0.2, 0.25) is 5.91 Å². The van der Waals surface area contributed by atoms with Gasteiger partial charge in [-0.15, -0.1) is 0 Å². The second-order valence-electron chi connectivity index (χ2n) is 4.62. The fourth-order valence-electron chi connectivity index (χ4n) is 1.65. The third-order valence-corrected chi connectivity index (χ3v) is 2.64. The van der Waals surface area contributed by atoms with Crippen LogP contribution in [-0.4, -0.2) is 25.2 Å². The van der Waals surface area contributed by atoms with Crippen molar-refractivity contribution in [2.24, 2.45) is 5.73 Å². The Morgan fingerprint density at radius 3 is 2.55 bits per heavy atom. The van der Waals surface area contributed by atoms with E-state index in [2.05, 4.69) is 15.4 Å². The number of amides is 2. The van der Waals surface area contributed by atoms with E-state index in [0.717, 1.165) is 12.8 Å². The van der Waals surface area contributed by atoms with Crippen LogP contribution < -0.4 is 16.4 Å². The maximum absolute atomic E-state index is 11.7. The Hall–Kier alpha value is -2.08. The van der Waals surface area contributed by atoms with Gasteiger partial charge in [-0.1, -0.05) is 6.07 Å². The summed E-state index contributed by atoms with van der Waals surface area (Å²) >= 11 is 0. The Labute approximate surface area is 118 Å². The molecule has 0 saturated carbocycles. The summed E-state index contributed by atoms with van der Waals surface area (Å²) in [6.07, 6.45) is 1.45. The number of hydrogen-bond acceptors (Lipinski definition) is 4. The molecule has 0 radical (unpaired) electrons. The number of rotatable bonds is 6. The van der Waals surface area contributed by atoms with E-state index >= 15 is 0 Å². The van der Waals surface area contributed by atoms with Gasteiger partial charge in [0.25, 0.3) is 0 Å². The SMILES string of the molecule is COC(=O)Nc1cccc(NC(=O)CCCC(C)N)c1. The molecule has 1 atom stereocenters. The largest absolute Gasteiger partial charge is 0.453 e. The van der Waals surface area contributed by atoms with Crippen molar-refractivity contribution >= 4 is 23.4 Å². The lowest BCUT2D eigenvalue weighted by atomic mass is 10.1. The fourth-order valence-corrected chi connectivity index (χ4v) is 1.65. The molecule has 110 valence electrons. The standard InChI is InChI=1S/C14H21N3O3/c1-10(15)5-3-8-13(18)16-11-6-4-7-12(9-11)17-14(19)20-2/h4,6-7,9-10H,3,5,8,15H2,1-2H3,(H,16,18)(H,17,19). The molecule has 6 heteroatoms. The molecule has 4 N–H and O–H groups in total.